The van der Waals surface area contributed by atoms with Gasteiger partial charge in [0.15, 0.2) is 0 Å². The van der Waals surface area contributed by atoms with E-state index < -0.39 is 17.8 Å². The van der Waals surface area contributed by atoms with Crippen LogP contribution >= 0.6 is 0 Å². The van der Waals surface area contributed by atoms with E-state index in [1.807, 2.05) is 6.07 Å². The summed E-state index contributed by atoms with van der Waals surface area (Å²) in [6.07, 6.45) is -2.87. The Hall–Kier alpha value is -2.81. The number of pyridine rings is 1. The lowest BCUT2D eigenvalue weighted by molar-refractivity contribution is -0.136. The summed E-state index contributed by atoms with van der Waals surface area (Å²) in [7, 11) is 2.07. The molecule has 2 aromatic rings. The maximum absolute atomic E-state index is 13.0. The number of halogens is 3. The monoisotopic (exact) mass is 393 g/mol. The number of likely N-dealkylation sites (N-methyl/N-ethyl adjacent to an activating group) is 1. The average molecular weight is 393 g/mol. The quantitative estimate of drug-likeness (QED) is 0.838. The summed E-state index contributed by atoms with van der Waals surface area (Å²) in [5.41, 5.74) is -0.338. The van der Waals surface area contributed by atoms with Crippen molar-refractivity contribution in [3.8, 4) is 0 Å². The molecule has 1 fully saturated rings. The van der Waals surface area contributed by atoms with Gasteiger partial charge in [-0.15, -0.1) is 0 Å². The van der Waals surface area contributed by atoms with Crippen LogP contribution in [0.15, 0.2) is 42.6 Å². The number of aromatic nitrogens is 1. The molecule has 6 nitrogen and oxygen atoms in total. The fourth-order valence-electron chi connectivity index (χ4n) is 2.97. The normalized spacial score (nSPS) is 15.4. The molecular weight excluding hydrogens is 371 g/mol. The minimum atomic E-state index is -4.54. The molecule has 9 heteroatoms. The van der Waals surface area contributed by atoms with E-state index >= 15 is 0 Å². The first-order valence-electron chi connectivity index (χ1n) is 8.92. The number of carbonyl (C=O) groups is 1. The lowest BCUT2D eigenvalue weighted by Crippen LogP contribution is -2.44. The van der Waals surface area contributed by atoms with Crippen molar-refractivity contribution in [1.29, 1.82) is 0 Å². The summed E-state index contributed by atoms with van der Waals surface area (Å²) >= 11 is 0. The molecule has 1 aliphatic heterocycles. The Morgan fingerprint density at radius 3 is 2.57 bits per heavy atom. The summed E-state index contributed by atoms with van der Waals surface area (Å²) in [5.74, 6) is 0.829. The van der Waals surface area contributed by atoms with E-state index in [0.29, 0.717) is 0 Å². The number of alkyl halides is 3. The van der Waals surface area contributed by atoms with E-state index in [-0.39, 0.29) is 12.2 Å². The molecule has 28 heavy (non-hydrogen) atoms. The van der Waals surface area contributed by atoms with Gasteiger partial charge in [-0.2, -0.15) is 13.2 Å². The van der Waals surface area contributed by atoms with Crippen molar-refractivity contribution < 1.29 is 18.0 Å². The second-order valence-corrected chi connectivity index (χ2v) is 6.66. The van der Waals surface area contributed by atoms with E-state index in [9.17, 15) is 18.0 Å². The Balaban J connectivity index is 1.59. The summed E-state index contributed by atoms with van der Waals surface area (Å²) in [4.78, 5) is 20.9. The van der Waals surface area contributed by atoms with Crippen molar-refractivity contribution in [3.63, 3.8) is 0 Å². The Kier molecular flexibility index (Phi) is 6.03. The van der Waals surface area contributed by atoms with Gasteiger partial charge in [-0.1, -0.05) is 12.1 Å². The van der Waals surface area contributed by atoms with Crippen molar-refractivity contribution in [1.82, 2.24) is 15.2 Å². The molecule has 0 spiro atoms. The Labute approximate surface area is 161 Å². The third kappa shape index (κ3) is 5.13. The van der Waals surface area contributed by atoms with Crippen molar-refractivity contribution in [2.45, 2.75) is 12.7 Å². The second-order valence-electron chi connectivity index (χ2n) is 6.66. The van der Waals surface area contributed by atoms with Gasteiger partial charge in [0.25, 0.3) is 0 Å². The van der Waals surface area contributed by atoms with Crippen LogP contribution in [0.2, 0.25) is 0 Å². The number of benzene rings is 1. The lowest BCUT2D eigenvalue weighted by atomic mass is 10.1. The minimum absolute atomic E-state index is 0.184. The van der Waals surface area contributed by atoms with Gasteiger partial charge in [0, 0.05) is 38.9 Å². The molecule has 3 rings (SSSR count). The number of urea groups is 1. The van der Waals surface area contributed by atoms with Crippen LogP contribution in [0.5, 0.6) is 0 Å². The van der Waals surface area contributed by atoms with Gasteiger partial charge in [0.2, 0.25) is 0 Å². The molecule has 2 amide bonds. The van der Waals surface area contributed by atoms with Crippen LogP contribution in [0.1, 0.15) is 11.1 Å². The molecule has 150 valence electrons. The molecule has 0 unspecified atom stereocenters. The van der Waals surface area contributed by atoms with Crippen LogP contribution in [-0.2, 0) is 12.7 Å². The summed E-state index contributed by atoms with van der Waals surface area (Å²) in [5, 5.41) is 4.86. The van der Waals surface area contributed by atoms with Gasteiger partial charge in [0.05, 0.1) is 11.3 Å². The minimum Gasteiger partial charge on any atom is -0.354 e. The van der Waals surface area contributed by atoms with E-state index in [2.05, 4.69) is 32.5 Å². The Bertz CT molecular complexity index is 819. The van der Waals surface area contributed by atoms with Crippen LogP contribution in [-0.4, -0.2) is 49.1 Å². The number of carbonyl (C=O) groups excluding carboxylic acids is 1. The fraction of sp³-hybridized carbons (Fsp3) is 0.368. The van der Waals surface area contributed by atoms with Crippen molar-refractivity contribution in [2.24, 2.45) is 0 Å². The number of hydrogen-bond acceptors (Lipinski definition) is 4. The number of nitrogens with one attached hydrogen (secondary N) is 2. The molecule has 0 radical (unpaired) electrons. The fourth-order valence-corrected chi connectivity index (χ4v) is 2.97. The zero-order valence-corrected chi connectivity index (χ0v) is 15.5. The predicted molar refractivity (Wildman–Crippen MR) is 101 cm³/mol. The molecule has 2 heterocycles. The number of piperazine rings is 1. The predicted octanol–water partition coefficient (Wildman–Crippen LogP) is 3.17. The number of para-hydroxylation sites is 1. The lowest BCUT2D eigenvalue weighted by Gasteiger charge is -2.33. The highest BCUT2D eigenvalue weighted by molar-refractivity contribution is 5.90. The molecule has 0 saturated carbocycles. The molecule has 1 aliphatic rings. The van der Waals surface area contributed by atoms with E-state index in [0.717, 1.165) is 43.6 Å². The SMILES string of the molecule is CN1CCN(c2cc(CNC(=O)Nc3ccccc3C(F)(F)F)ccn2)CC1. The molecule has 0 atom stereocenters. The van der Waals surface area contributed by atoms with E-state index in [4.69, 9.17) is 0 Å². The molecular formula is C19H22F3N5O. The average Bonchev–Trinajstić information content (AvgIpc) is 2.67. The first-order chi connectivity index (χ1) is 13.3. The van der Waals surface area contributed by atoms with Crippen LogP contribution in [0, 0.1) is 0 Å². The van der Waals surface area contributed by atoms with E-state index in [1.54, 1.807) is 12.3 Å². The first kappa shape index (κ1) is 19.9. The van der Waals surface area contributed by atoms with E-state index in [1.165, 1.54) is 18.2 Å². The standard InChI is InChI=1S/C19H22F3N5O/c1-26-8-10-27(11-9-26)17-12-14(6-7-23-17)13-24-18(28)25-16-5-3-2-4-15(16)19(20,21)22/h2-7,12H,8-11,13H2,1H3,(H2,24,25,28). The molecule has 1 aromatic carbocycles. The maximum Gasteiger partial charge on any atom is 0.418 e. The first-order valence-corrected chi connectivity index (χ1v) is 8.92. The molecule has 0 aliphatic carbocycles. The molecule has 1 saturated heterocycles. The largest absolute Gasteiger partial charge is 0.418 e. The van der Waals surface area contributed by atoms with Crippen molar-refractivity contribution >= 4 is 17.5 Å². The number of rotatable bonds is 4. The highest BCUT2D eigenvalue weighted by Gasteiger charge is 2.33. The van der Waals surface area contributed by atoms with Crippen LogP contribution in [0.3, 0.4) is 0 Å². The molecule has 1 aromatic heterocycles. The topological polar surface area (TPSA) is 60.5 Å². The van der Waals surface area contributed by atoms with Crippen molar-refractivity contribution in [2.75, 3.05) is 43.4 Å². The highest BCUT2D eigenvalue weighted by atomic mass is 19.4. The Morgan fingerprint density at radius 1 is 1.14 bits per heavy atom. The van der Waals surface area contributed by atoms with Crippen LogP contribution in [0.4, 0.5) is 29.5 Å². The zero-order chi connectivity index (χ0) is 20.1. The zero-order valence-electron chi connectivity index (χ0n) is 15.5. The van der Waals surface area contributed by atoms with Gasteiger partial charge in [-0.05, 0) is 36.9 Å². The third-order valence-corrected chi connectivity index (χ3v) is 4.57. The summed E-state index contributed by atoms with van der Waals surface area (Å²) in [6, 6.07) is 7.83. The number of hydrogen-bond donors (Lipinski definition) is 2. The van der Waals surface area contributed by atoms with Gasteiger partial charge >= 0.3 is 12.2 Å². The third-order valence-electron chi connectivity index (χ3n) is 4.57. The molecule has 0 bridgehead atoms. The summed E-state index contributed by atoms with van der Waals surface area (Å²) in [6.45, 7) is 3.82. The highest BCUT2D eigenvalue weighted by Crippen LogP contribution is 2.34. The number of nitrogens with zero attached hydrogens (tertiary/aromatic N) is 3. The van der Waals surface area contributed by atoms with Gasteiger partial charge < -0.3 is 20.4 Å². The van der Waals surface area contributed by atoms with Gasteiger partial charge in [-0.3, -0.25) is 0 Å². The number of amides is 2. The number of anilines is 2. The van der Waals surface area contributed by atoms with Gasteiger partial charge in [0.1, 0.15) is 5.82 Å². The second kappa shape index (κ2) is 8.47. The van der Waals surface area contributed by atoms with Crippen LogP contribution in [0.25, 0.3) is 0 Å². The maximum atomic E-state index is 13.0. The van der Waals surface area contributed by atoms with Crippen LogP contribution < -0.4 is 15.5 Å². The van der Waals surface area contributed by atoms with Crippen molar-refractivity contribution in [3.05, 3.63) is 53.7 Å². The van der Waals surface area contributed by atoms with Gasteiger partial charge in [-0.25, -0.2) is 9.78 Å². The smallest absolute Gasteiger partial charge is 0.354 e. The Morgan fingerprint density at radius 2 is 1.86 bits per heavy atom. The molecule has 2 N–H and O–H groups in total. The summed E-state index contributed by atoms with van der Waals surface area (Å²) < 4.78 is 39.0.